The Bertz CT molecular complexity index is 848. The average Bonchev–Trinajstić information content (AvgIpc) is 2.67. The van der Waals surface area contributed by atoms with Gasteiger partial charge in [0.25, 0.3) is 11.7 Å². The first kappa shape index (κ1) is 20.0. The fraction of sp³-hybridized carbons (Fsp3) is 0.250. The second kappa shape index (κ2) is 9.38. The SMILES string of the molecule is COc1ccc(CCNC(=O)C(=O)c2ccccc2NC(C)=O)cc1OC. The van der Waals surface area contributed by atoms with E-state index in [1.165, 1.54) is 13.0 Å². The minimum Gasteiger partial charge on any atom is -0.493 e. The highest BCUT2D eigenvalue weighted by molar-refractivity contribution is 6.44. The summed E-state index contributed by atoms with van der Waals surface area (Å²) in [6, 6.07) is 11.9. The Morgan fingerprint density at radius 2 is 1.67 bits per heavy atom. The number of hydrogen-bond donors (Lipinski definition) is 2. The molecule has 0 aliphatic carbocycles. The second-order valence-electron chi connectivity index (χ2n) is 5.75. The summed E-state index contributed by atoms with van der Waals surface area (Å²) in [5, 5.41) is 5.15. The van der Waals surface area contributed by atoms with E-state index < -0.39 is 11.7 Å². The molecule has 0 fully saturated rings. The number of benzene rings is 2. The predicted molar refractivity (Wildman–Crippen MR) is 101 cm³/mol. The van der Waals surface area contributed by atoms with Crippen LogP contribution in [0.4, 0.5) is 5.69 Å². The molecule has 2 aromatic rings. The fourth-order valence-electron chi connectivity index (χ4n) is 2.54. The van der Waals surface area contributed by atoms with Crippen LogP contribution in [0.15, 0.2) is 42.5 Å². The Morgan fingerprint density at radius 1 is 0.963 bits per heavy atom. The number of methoxy groups -OCH3 is 2. The fourth-order valence-corrected chi connectivity index (χ4v) is 2.54. The van der Waals surface area contributed by atoms with E-state index in [0.717, 1.165) is 5.56 Å². The third-order valence-corrected chi connectivity index (χ3v) is 3.84. The van der Waals surface area contributed by atoms with Gasteiger partial charge in [0, 0.05) is 13.5 Å². The topological polar surface area (TPSA) is 93.7 Å². The van der Waals surface area contributed by atoms with Gasteiger partial charge in [-0.25, -0.2) is 0 Å². The summed E-state index contributed by atoms with van der Waals surface area (Å²) < 4.78 is 10.4. The van der Waals surface area contributed by atoms with E-state index in [1.807, 2.05) is 12.1 Å². The van der Waals surface area contributed by atoms with Crippen LogP contribution in [-0.2, 0) is 16.0 Å². The number of ether oxygens (including phenoxy) is 2. The zero-order valence-corrected chi connectivity index (χ0v) is 15.5. The first-order valence-corrected chi connectivity index (χ1v) is 8.36. The van der Waals surface area contributed by atoms with E-state index in [-0.39, 0.29) is 18.0 Å². The molecule has 0 heterocycles. The third kappa shape index (κ3) is 5.31. The van der Waals surface area contributed by atoms with Crippen LogP contribution in [-0.4, -0.2) is 38.4 Å². The van der Waals surface area contributed by atoms with Gasteiger partial charge in [-0.15, -0.1) is 0 Å². The molecule has 0 saturated heterocycles. The molecule has 0 atom stereocenters. The molecule has 0 radical (unpaired) electrons. The number of para-hydroxylation sites is 1. The van der Waals surface area contributed by atoms with Crippen LogP contribution in [0.2, 0.25) is 0 Å². The largest absolute Gasteiger partial charge is 0.493 e. The minimum absolute atomic E-state index is 0.149. The number of rotatable bonds is 8. The van der Waals surface area contributed by atoms with E-state index in [0.29, 0.717) is 23.6 Å². The molecule has 7 heteroatoms. The molecule has 7 nitrogen and oxygen atoms in total. The Labute approximate surface area is 157 Å². The van der Waals surface area contributed by atoms with Crippen molar-refractivity contribution in [3.05, 3.63) is 53.6 Å². The van der Waals surface area contributed by atoms with Crippen molar-refractivity contribution in [1.29, 1.82) is 0 Å². The van der Waals surface area contributed by atoms with Gasteiger partial charge < -0.3 is 20.1 Å². The van der Waals surface area contributed by atoms with Crippen molar-refractivity contribution < 1.29 is 23.9 Å². The maximum atomic E-state index is 12.4. The van der Waals surface area contributed by atoms with Crippen molar-refractivity contribution >= 4 is 23.3 Å². The van der Waals surface area contributed by atoms with Gasteiger partial charge >= 0.3 is 0 Å². The molecule has 0 saturated carbocycles. The molecule has 2 aromatic carbocycles. The molecule has 2 amide bonds. The van der Waals surface area contributed by atoms with Crippen molar-refractivity contribution in [3.8, 4) is 11.5 Å². The lowest BCUT2D eigenvalue weighted by molar-refractivity contribution is -0.117. The van der Waals surface area contributed by atoms with Crippen molar-refractivity contribution in [2.45, 2.75) is 13.3 Å². The molecule has 0 spiro atoms. The molecule has 0 unspecified atom stereocenters. The van der Waals surface area contributed by atoms with Crippen molar-refractivity contribution in [2.75, 3.05) is 26.1 Å². The van der Waals surface area contributed by atoms with Gasteiger partial charge in [0.1, 0.15) is 0 Å². The first-order chi connectivity index (χ1) is 13.0. The standard InChI is InChI=1S/C20H22N2O5/c1-13(23)22-16-7-5-4-6-15(16)19(24)20(25)21-11-10-14-8-9-17(26-2)18(12-14)27-3/h4-9,12H,10-11H2,1-3H3,(H,21,25)(H,22,23). The number of carbonyl (C=O) groups excluding carboxylic acids is 3. The van der Waals surface area contributed by atoms with Crippen molar-refractivity contribution in [2.24, 2.45) is 0 Å². The van der Waals surface area contributed by atoms with Gasteiger partial charge in [-0.2, -0.15) is 0 Å². The highest BCUT2D eigenvalue weighted by atomic mass is 16.5. The van der Waals surface area contributed by atoms with Gasteiger partial charge in [-0.3, -0.25) is 14.4 Å². The van der Waals surface area contributed by atoms with E-state index in [9.17, 15) is 14.4 Å². The smallest absolute Gasteiger partial charge is 0.292 e. The summed E-state index contributed by atoms with van der Waals surface area (Å²) in [6.07, 6.45) is 0.521. The lowest BCUT2D eigenvalue weighted by Crippen LogP contribution is -2.33. The van der Waals surface area contributed by atoms with Crippen LogP contribution in [0.3, 0.4) is 0 Å². The molecule has 142 valence electrons. The predicted octanol–water partition coefficient (Wildman–Crippen LogP) is 2.20. The van der Waals surface area contributed by atoms with Crippen LogP contribution in [0.1, 0.15) is 22.8 Å². The van der Waals surface area contributed by atoms with Crippen molar-refractivity contribution in [3.63, 3.8) is 0 Å². The summed E-state index contributed by atoms with van der Waals surface area (Å²) in [6.45, 7) is 1.62. The zero-order chi connectivity index (χ0) is 19.8. The van der Waals surface area contributed by atoms with Crippen LogP contribution in [0, 0.1) is 0 Å². The van der Waals surface area contributed by atoms with Gasteiger partial charge in [0.15, 0.2) is 11.5 Å². The number of anilines is 1. The summed E-state index contributed by atoms with van der Waals surface area (Å²) in [4.78, 5) is 35.8. The maximum Gasteiger partial charge on any atom is 0.292 e. The molecule has 0 aliphatic rings. The Morgan fingerprint density at radius 3 is 2.33 bits per heavy atom. The lowest BCUT2D eigenvalue weighted by Gasteiger charge is -2.11. The number of nitrogens with one attached hydrogen (secondary N) is 2. The molecule has 0 aliphatic heterocycles. The molecule has 0 aromatic heterocycles. The van der Waals surface area contributed by atoms with Gasteiger partial charge in [0.2, 0.25) is 5.91 Å². The highest BCUT2D eigenvalue weighted by Gasteiger charge is 2.19. The van der Waals surface area contributed by atoms with Crippen LogP contribution in [0.25, 0.3) is 0 Å². The Hall–Kier alpha value is -3.35. The average molecular weight is 370 g/mol. The molecular weight excluding hydrogens is 348 g/mol. The number of hydrogen-bond acceptors (Lipinski definition) is 5. The Kier molecular flexibility index (Phi) is 6.93. The maximum absolute atomic E-state index is 12.4. The third-order valence-electron chi connectivity index (χ3n) is 3.84. The zero-order valence-electron chi connectivity index (χ0n) is 15.5. The molecule has 2 N–H and O–H groups in total. The summed E-state index contributed by atoms with van der Waals surface area (Å²) >= 11 is 0. The molecule has 27 heavy (non-hydrogen) atoms. The summed E-state index contributed by atoms with van der Waals surface area (Å²) in [5.74, 6) is -0.527. The quantitative estimate of drug-likeness (QED) is 0.549. The number of amides is 2. The second-order valence-corrected chi connectivity index (χ2v) is 5.75. The van der Waals surface area contributed by atoms with E-state index in [1.54, 1.807) is 38.5 Å². The van der Waals surface area contributed by atoms with Gasteiger partial charge in [0.05, 0.1) is 25.5 Å². The first-order valence-electron chi connectivity index (χ1n) is 8.36. The molecule has 2 rings (SSSR count). The van der Waals surface area contributed by atoms with Gasteiger partial charge in [-0.1, -0.05) is 18.2 Å². The monoisotopic (exact) mass is 370 g/mol. The summed E-state index contributed by atoms with van der Waals surface area (Å²) in [5.41, 5.74) is 1.39. The highest BCUT2D eigenvalue weighted by Crippen LogP contribution is 2.27. The minimum atomic E-state index is -0.728. The van der Waals surface area contributed by atoms with Crippen molar-refractivity contribution in [1.82, 2.24) is 5.32 Å². The Balaban J connectivity index is 1.98. The number of ketones is 1. The normalized spacial score (nSPS) is 10.0. The lowest BCUT2D eigenvalue weighted by atomic mass is 10.1. The number of Topliss-reactive ketones (excluding diaryl/α,β-unsaturated/α-hetero) is 1. The van der Waals surface area contributed by atoms with Gasteiger partial charge in [-0.05, 0) is 36.2 Å². The number of carbonyl (C=O) groups is 3. The summed E-state index contributed by atoms with van der Waals surface area (Å²) in [7, 11) is 3.11. The van der Waals surface area contributed by atoms with Crippen LogP contribution >= 0.6 is 0 Å². The molecular formula is C20H22N2O5. The van der Waals surface area contributed by atoms with E-state index in [2.05, 4.69) is 10.6 Å². The van der Waals surface area contributed by atoms with E-state index in [4.69, 9.17) is 9.47 Å². The van der Waals surface area contributed by atoms with Crippen LogP contribution in [0.5, 0.6) is 11.5 Å². The van der Waals surface area contributed by atoms with E-state index >= 15 is 0 Å². The van der Waals surface area contributed by atoms with Crippen LogP contribution < -0.4 is 20.1 Å². The molecule has 0 bridgehead atoms.